The molecule has 3 heterocycles. The van der Waals surface area contributed by atoms with E-state index in [9.17, 15) is 24.0 Å². The van der Waals surface area contributed by atoms with E-state index in [0.717, 1.165) is 33.1 Å². The van der Waals surface area contributed by atoms with E-state index in [1.807, 2.05) is 55.5 Å². The summed E-state index contributed by atoms with van der Waals surface area (Å²) >= 11 is 2.81. The number of amides is 3. The summed E-state index contributed by atoms with van der Waals surface area (Å²) in [6.07, 6.45) is 2.60. The zero-order valence-electron chi connectivity index (χ0n) is 25.3. The maximum absolute atomic E-state index is 13.8. The maximum Gasteiger partial charge on any atom is 0.305 e. The van der Waals surface area contributed by atoms with Crippen LogP contribution in [0.3, 0.4) is 0 Å². The van der Waals surface area contributed by atoms with Gasteiger partial charge in [0.1, 0.15) is 5.75 Å². The van der Waals surface area contributed by atoms with Gasteiger partial charge in [-0.1, -0.05) is 54.2 Å². The van der Waals surface area contributed by atoms with Crippen molar-refractivity contribution in [3.63, 3.8) is 0 Å². The fourth-order valence-electron chi connectivity index (χ4n) is 8.28. The first kappa shape index (κ1) is 30.7. The predicted octanol–water partition coefficient (Wildman–Crippen LogP) is 4.88. The van der Waals surface area contributed by atoms with Gasteiger partial charge in [0.25, 0.3) is 5.91 Å². The van der Waals surface area contributed by atoms with Crippen LogP contribution in [0.15, 0.2) is 58.4 Å². The highest BCUT2D eigenvalue weighted by Gasteiger charge is 2.69. The topological polar surface area (TPSA) is 146 Å². The van der Waals surface area contributed by atoms with Crippen LogP contribution < -0.4 is 14.9 Å². The van der Waals surface area contributed by atoms with Crippen LogP contribution in [0.4, 0.5) is 5.69 Å². The molecule has 7 rings (SSSR count). The first-order chi connectivity index (χ1) is 22.2. The van der Waals surface area contributed by atoms with Crippen molar-refractivity contribution in [3.05, 3.63) is 74.2 Å². The molecule has 2 aromatic carbocycles. The minimum absolute atomic E-state index is 0.00508. The molecule has 0 spiro atoms. The second-order valence-corrected chi connectivity index (χ2v) is 14.9. The summed E-state index contributed by atoms with van der Waals surface area (Å²) in [6, 6.07) is 15.1. The number of rotatable bonds is 11. The zero-order valence-corrected chi connectivity index (χ0v) is 26.9. The molecule has 2 bridgehead atoms. The Balaban J connectivity index is 1.14. The first-order valence-corrected chi connectivity index (χ1v) is 17.5. The average Bonchev–Trinajstić information content (AvgIpc) is 3.77. The molecular weight excluding hydrogens is 627 g/mol. The number of nitrogens with zero attached hydrogens (tertiary/aromatic N) is 1. The van der Waals surface area contributed by atoms with Gasteiger partial charge < -0.3 is 20.1 Å². The van der Waals surface area contributed by atoms with Crippen LogP contribution in [0.25, 0.3) is 0 Å². The number of nitrogens with one attached hydrogen (secondary N) is 2. The van der Waals surface area contributed by atoms with Gasteiger partial charge in [0.05, 0.1) is 16.9 Å². The quantitative estimate of drug-likeness (QED) is 0.195. The summed E-state index contributed by atoms with van der Waals surface area (Å²) < 4.78 is 6.17. The van der Waals surface area contributed by atoms with Gasteiger partial charge >= 0.3 is 10.8 Å². The van der Waals surface area contributed by atoms with E-state index < -0.39 is 11.9 Å². The van der Waals surface area contributed by atoms with Crippen molar-refractivity contribution >= 4 is 52.5 Å². The molecule has 46 heavy (non-hydrogen) atoms. The van der Waals surface area contributed by atoms with Crippen molar-refractivity contribution in [1.82, 2.24) is 9.88 Å². The summed E-state index contributed by atoms with van der Waals surface area (Å²) in [5.41, 5.74) is 2.54. The third-order valence-corrected chi connectivity index (χ3v) is 12.7. The van der Waals surface area contributed by atoms with Crippen LogP contribution in [0.1, 0.15) is 54.0 Å². The molecule has 12 heteroatoms. The molecule has 3 aromatic rings. The molecule has 2 saturated carbocycles. The Morgan fingerprint density at radius 2 is 1.74 bits per heavy atom. The number of para-hydroxylation sites is 2. The summed E-state index contributed by atoms with van der Waals surface area (Å²) in [5, 5.41) is 12.7. The Morgan fingerprint density at radius 3 is 2.52 bits per heavy atom. The minimum atomic E-state index is -0.846. The highest BCUT2D eigenvalue weighted by molar-refractivity contribution is 8.00. The number of ether oxygens (including phenoxy) is 1. The number of aliphatic carboxylic acids is 1. The molecular formula is C34H35N3O7S2. The fraction of sp³-hybridized carbons (Fsp3) is 0.441. The number of carboxylic acid groups (broad SMARTS) is 1. The molecule has 4 aliphatic rings. The van der Waals surface area contributed by atoms with E-state index in [1.54, 1.807) is 11.8 Å². The number of anilines is 1. The monoisotopic (exact) mass is 661 g/mol. The van der Waals surface area contributed by atoms with E-state index in [4.69, 9.17) is 9.84 Å². The third kappa shape index (κ3) is 5.34. The second kappa shape index (κ2) is 12.4. The number of hydrogen-bond donors (Lipinski definition) is 3. The third-order valence-electron chi connectivity index (χ3n) is 10.1. The number of thiazole rings is 1. The number of H-pyrrole nitrogens is 1. The molecule has 2 aliphatic heterocycles. The van der Waals surface area contributed by atoms with E-state index >= 15 is 0 Å². The number of unbranched alkanes of at least 4 members (excludes halogenated alkanes) is 2. The normalized spacial score (nSPS) is 27.3. The molecule has 0 radical (unpaired) electrons. The minimum Gasteiger partial charge on any atom is -0.483 e. The Hall–Kier alpha value is -3.90. The Labute approximate surface area is 273 Å². The lowest BCUT2D eigenvalue weighted by Gasteiger charge is -2.43. The van der Waals surface area contributed by atoms with Crippen molar-refractivity contribution in [1.29, 1.82) is 0 Å². The lowest BCUT2D eigenvalue weighted by Crippen LogP contribution is -2.42. The second-order valence-electron chi connectivity index (χ2n) is 12.7. The fourth-order valence-corrected chi connectivity index (χ4v) is 11.2. The summed E-state index contributed by atoms with van der Waals surface area (Å²) in [7, 11) is 0. The van der Waals surface area contributed by atoms with Crippen molar-refractivity contribution in [2.45, 2.75) is 55.2 Å². The number of aromatic nitrogens is 1. The lowest BCUT2D eigenvalue weighted by molar-refractivity contribution is -0.141. The van der Waals surface area contributed by atoms with Crippen molar-refractivity contribution < 1.29 is 29.0 Å². The average molecular weight is 662 g/mol. The number of thioether (sulfide) groups is 1. The molecule has 2 aliphatic carbocycles. The predicted molar refractivity (Wildman–Crippen MR) is 173 cm³/mol. The van der Waals surface area contributed by atoms with Crippen LogP contribution in [0.5, 0.6) is 5.75 Å². The van der Waals surface area contributed by atoms with Gasteiger partial charge in [-0.05, 0) is 61.6 Å². The van der Waals surface area contributed by atoms with Gasteiger partial charge in [0.2, 0.25) is 11.8 Å². The van der Waals surface area contributed by atoms with Gasteiger partial charge in [-0.2, -0.15) is 0 Å². The summed E-state index contributed by atoms with van der Waals surface area (Å²) in [6.45, 7) is 2.05. The highest BCUT2D eigenvalue weighted by atomic mass is 32.2. The van der Waals surface area contributed by atoms with E-state index in [0.29, 0.717) is 31.6 Å². The zero-order chi connectivity index (χ0) is 32.1. The van der Waals surface area contributed by atoms with E-state index in [2.05, 4.69) is 10.3 Å². The molecule has 3 fully saturated rings. The molecule has 1 saturated heterocycles. The van der Waals surface area contributed by atoms with Gasteiger partial charge in [-0.25, -0.2) is 0 Å². The van der Waals surface area contributed by atoms with Crippen molar-refractivity contribution in [2.75, 3.05) is 18.5 Å². The molecule has 10 nitrogen and oxygen atoms in total. The Morgan fingerprint density at radius 1 is 1.00 bits per heavy atom. The number of benzene rings is 2. The number of hydrogen-bond acceptors (Lipinski definition) is 8. The Kier molecular flexibility index (Phi) is 8.26. The van der Waals surface area contributed by atoms with E-state index in [1.165, 1.54) is 16.2 Å². The van der Waals surface area contributed by atoms with Crippen LogP contribution >= 0.6 is 23.1 Å². The number of carboxylic acids is 1. The highest BCUT2D eigenvalue weighted by Crippen LogP contribution is 2.69. The van der Waals surface area contributed by atoms with Crippen LogP contribution in [0.2, 0.25) is 0 Å². The standard InChI is InChI=1S/C34H35N3O7S2/c1-17-9-4-6-11-21(17)35-23(38)16-44-22-12-7-5-10-18(22)25-26-19-15-20(29(26)45-31-30(25)46-34(43)36-31)28-27(19)32(41)37(33(28)42)14-8-2-3-13-24(39)40/h4-7,9-12,19-20,25-29H,2-3,8,13-16H2,1H3,(H,35,38)(H,36,43)(H,39,40)/t19?,20?,25-,26?,27?,28?,29?/m1/s1. The van der Waals surface area contributed by atoms with Gasteiger partial charge in [0.15, 0.2) is 6.61 Å². The van der Waals surface area contributed by atoms with E-state index in [-0.39, 0.29) is 70.5 Å². The molecule has 7 atom stereocenters. The smallest absolute Gasteiger partial charge is 0.305 e. The molecule has 3 amide bonds. The first-order valence-electron chi connectivity index (χ1n) is 15.8. The Bertz CT molecular complexity index is 1770. The van der Waals surface area contributed by atoms with Gasteiger partial charge in [-0.3, -0.25) is 28.9 Å². The summed E-state index contributed by atoms with van der Waals surface area (Å²) in [5.74, 6) is -1.81. The summed E-state index contributed by atoms with van der Waals surface area (Å²) in [4.78, 5) is 69.2. The molecule has 240 valence electrons. The number of aryl methyl sites for hydroxylation is 1. The number of imide groups is 1. The van der Waals surface area contributed by atoms with Crippen LogP contribution in [0, 0.1) is 36.5 Å². The SMILES string of the molecule is Cc1ccccc1NC(=O)COc1ccccc1[C@H]1c2sc(=O)[nH]c2SC2C3CC(C4C(=O)N(CCCCCC(=O)O)C(=O)C34)C21. The molecule has 6 unspecified atom stereocenters. The molecule has 1 aromatic heterocycles. The number of likely N-dealkylation sites (tertiary alicyclic amines) is 1. The number of carbonyl (C=O) groups excluding carboxylic acids is 3. The maximum atomic E-state index is 13.8. The van der Waals surface area contributed by atoms with Crippen LogP contribution in [-0.4, -0.2) is 57.1 Å². The number of carbonyl (C=O) groups is 4. The number of aromatic amines is 1. The largest absolute Gasteiger partial charge is 0.483 e. The van der Waals surface area contributed by atoms with Crippen molar-refractivity contribution in [2.24, 2.45) is 29.6 Å². The van der Waals surface area contributed by atoms with Crippen molar-refractivity contribution in [3.8, 4) is 5.75 Å². The van der Waals surface area contributed by atoms with Crippen LogP contribution in [-0.2, 0) is 19.2 Å². The van der Waals surface area contributed by atoms with Gasteiger partial charge in [-0.15, -0.1) is 11.8 Å². The molecule has 3 N–H and O–H groups in total. The van der Waals surface area contributed by atoms with Gasteiger partial charge in [0, 0.05) is 40.3 Å². The lowest BCUT2D eigenvalue weighted by atomic mass is 9.68. The number of fused-ring (bicyclic) bond motifs is 9.